The fourth-order valence-electron chi connectivity index (χ4n) is 3.35. The highest BCUT2D eigenvalue weighted by Crippen LogP contribution is 2.39. The molecule has 0 saturated heterocycles. The molecule has 2 aromatic rings. The number of thioether (sulfide) groups is 1. The molecule has 0 aliphatic carbocycles. The van der Waals surface area contributed by atoms with Gasteiger partial charge in [0.25, 0.3) is 6.43 Å². The maximum absolute atomic E-state index is 13.7. The van der Waals surface area contributed by atoms with Gasteiger partial charge in [-0.2, -0.15) is 0 Å². The number of anilines is 2. The van der Waals surface area contributed by atoms with Crippen LogP contribution in [0, 0.1) is 0 Å². The molecule has 0 fully saturated rings. The second-order valence-electron chi connectivity index (χ2n) is 7.03. The van der Waals surface area contributed by atoms with Gasteiger partial charge in [-0.25, -0.2) is 18.6 Å². The van der Waals surface area contributed by atoms with Crippen LogP contribution in [0.3, 0.4) is 0 Å². The van der Waals surface area contributed by atoms with Crippen LogP contribution in [0.5, 0.6) is 5.75 Å². The molecule has 3 heterocycles. The lowest BCUT2D eigenvalue weighted by atomic mass is 10.1. The van der Waals surface area contributed by atoms with Crippen LogP contribution in [0.4, 0.5) is 20.3 Å². The minimum absolute atomic E-state index is 0.0324. The maximum atomic E-state index is 13.7. The molecule has 3 N–H and O–H groups in total. The van der Waals surface area contributed by atoms with Gasteiger partial charge < -0.3 is 20.4 Å². The number of halogens is 2. The van der Waals surface area contributed by atoms with E-state index in [-0.39, 0.29) is 16.5 Å². The third kappa shape index (κ3) is 4.12. The smallest absolute Gasteiger partial charge is 0.278 e. The molecule has 4 rings (SSSR count). The number of hydrogen-bond donors (Lipinski definition) is 2. The average Bonchev–Trinajstić information content (AvgIpc) is 2.94. The van der Waals surface area contributed by atoms with Crippen molar-refractivity contribution in [2.75, 3.05) is 16.8 Å². The fourth-order valence-corrected chi connectivity index (χ4v) is 3.99. The van der Waals surface area contributed by atoms with Crippen LogP contribution in [0.2, 0.25) is 0 Å². The van der Waals surface area contributed by atoms with Gasteiger partial charge in [-0.1, -0.05) is 17.8 Å². The largest absolute Gasteiger partial charge is 0.491 e. The summed E-state index contributed by atoms with van der Waals surface area (Å²) in [5.41, 5.74) is 6.22. The Labute approximate surface area is 186 Å². The Morgan fingerprint density at radius 2 is 2.22 bits per heavy atom. The molecule has 2 aliphatic heterocycles. The van der Waals surface area contributed by atoms with E-state index in [0.717, 1.165) is 16.7 Å². The van der Waals surface area contributed by atoms with Crippen LogP contribution in [0.1, 0.15) is 6.92 Å². The van der Waals surface area contributed by atoms with Gasteiger partial charge in [0, 0.05) is 18.0 Å². The van der Waals surface area contributed by atoms with E-state index >= 15 is 0 Å². The first-order chi connectivity index (χ1) is 15.4. The molecular formula is C21H19F2N5O3S. The molecule has 32 heavy (non-hydrogen) atoms. The number of benzene rings is 1. The van der Waals surface area contributed by atoms with Crippen molar-refractivity contribution >= 4 is 35.1 Å². The molecular weight excluding hydrogens is 440 g/mol. The van der Waals surface area contributed by atoms with Crippen molar-refractivity contribution in [3.05, 3.63) is 52.7 Å². The van der Waals surface area contributed by atoms with E-state index in [9.17, 15) is 18.4 Å². The van der Waals surface area contributed by atoms with Gasteiger partial charge >= 0.3 is 0 Å². The van der Waals surface area contributed by atoms with Gasteiger partial charge in [-0.3, -0.25) is 9.69 Å². The molecule has 1 aromatic carbocycles. The van der Waals surface area contributed by atoms with E-state index in [1.807, 2.05) is 0 Å². The highest BCUT2D eigenvalue weighted by molar-refractivity contribution is 8.06. The molecule has 0 spiro atoms. The van der Waals surface area contributed by atoms with E-state index in [0.29, 0.717) is 36.0 Å². The number of carbonyl (C=O) groups is 1. The third-order valence-electron chi connectivity index (χ3n) is 4.91. The first-order valence-electron chi connectivity index (χ1n) is 9.66. The Kier molecular flexibility index (Phi) is 6.02. The van der Waals surface area contributed by atoms with Crippen molar-refractivity contribution in [2.45, 2.75) is 25.9 Å². The van der Waals surface area contributed by atoms with Crippen molar-refractivity contribution < 1.29 is 23.1 Å². The van der Waals surface area contributed by atoms with E-state index in [1.54, 1.807) is 41.8 Å². The van der Waals surface area contributed by atoms with Gasteiger partial charge in [-0.05, 0) is 30.5 Å². The summed E-state index contributed by atoms with van der Waals surface area (Å²) >= 11 is 0.987. The number of allylic oxidation sites excluding steroid dienone is 3. The molecule has 0 bridgehead atoms. The van der Waals surface area contributed by atoms with Crippen LogP contribution >= 0.6 is 11.8 Å². The predicted octanol–water partition coefficient (Wildman–Crippen LogP) is 3.12. The number of aromatic nitrogens is 2. The van der Waals surface area contributed by atoms with Crippen molar-refractivity contribution in [3.63, 3.8) is 0 Å². The Bertz CT molecular complexity index is 1170. The van der Waals surface area contributed by atoms with Crippen LogP contribution in [0.25, 0.3) is 11.4 Å². The minimum Gasteiger partial charge on any atom is -0.491 e. The van der Waals surface area contributed by atoms with E-state index < -0.39 is 18.4 Å². The molecule has 0 saturated carbocycles. The number of alkyl halides is 2. The monoisotopic (exact) mass is 459 g/mol. The predicted molar refractivity (Wildman–Crippen MR) is 118 cm³/mol. The zero-order valence-electron chi connectivity index (χ0n) is 16.9. The standard InChI is InChI=1S/C21H19F2N5O3S/c1-12(20(24)30)25-13-4-5-14-16(9-13)31-7-6-27-10-17(26-21(14)27)28-15(19(22)23)3-2-8-32-18(28)11-29/h2-5,8-10,12,19,25H,6-7H2,1H3,(H2,24,30)/t12-/m0/s1. The van der Waals surface area contributed by atoms with E-state index in [1.165, 1.54) is 17.6 Å². The third-order valence-corrected chi connectivity index (χ3v) is 5.69. The lowest BCUT2D eigenvalue weighted by molar-refractivity contribution is -0.118. The average molecular weight is 459 g/mol. The minimum atomic E-state index is -2.82. The summed E-state index contributed by atoms with van der Waals surface area (Å²) in [6, 6.07) is 4.66. The SMILES string of the molecule is C[C@H](Nc1ccc2c(c1)OCCn1cc(N3C(=C=O)SC=CC=C3C(F)F)nc1-2)C(N)=O. The summed E-state index contributed by atoms with van der Waals surface area (Å²) in [6.45, 7) is 2.38. The molecule has 0 unspecified atom stereocenters. The van der Waals surface area contributed by atoms with Gasteiger partial charge in [0.15, 0.2) is 16.8 Å². The second kappa shape index (κ2) is 8.89. The summed E-state index contributed by atoms with van der Waals surface area (Å²) in [5.74, 6) is 2.44. The number of imidazole rings is 1. The summed E-state index contributed by atoms with van der Waals surface area (Å²) in [5, 5.41) is 4.50. The molecule has 1 atom stereocenters. The lowest BCUT2D eigenvalue weighted by Gasteiger charge is -2.22. The lowest BCUT2D eigenvalue weighted by Crippen LogP contribution is -2.32. The van der Waals surface area contributed by atoms with Crippen LogP contribution in [-0.4, -0.2) is 40.5 Å². The molecule has 1 aromatic heterocycles. The normalized spacial score (nSPS) is 16.2. The number of fused-ring (bicyclic) bond motifs is 3. The van der Waals surface area contributed by atoms with Crippen LogP contribution < -0.4 is 20.7 Å². The summed E-state index contributed by atoms with van der Waals surface area (Å²) in [4.78, 5) is 28.5. The zero-order chi connectivity index (χ0) is 22.8. The number of nitrogens with two attached hydrogens (primary N) is 1. The van der Waals surface area contributed by atoms with Crippen molar-refractivity contribution in [1.29, 1.82) is 0 Å². The topological polar surface area (TPSA) is 102 Å². The Morgan fingerprint density at radius 3 is 2.94 bits per heavy atom. The number of hydrogen-bond acceptors (Lipinski definition) is 7. The van der Waals surface area contributed by atoms with Crippen molar-refractivity contribution in [2.24, 2.45) is 5.73 Å². The number of ether oxygens (including phenoxy) is 1. The Morgan fingerprint density at radius 1 is 1.41 bits per heavy atom. The number of rotatable bonds is 5. The highest BCUT2D eigenvalue weighted by atomic mass is 32.2. The van der Waals surface area contributed by atoms with Crippen LogP contribution in [0.15, 0.2) is 52.7 Å². The molecule has 2 aliphatic rings. The zero-order valence-corrected chi connectivity index (χ0v) is 17.7. The highest BCUT2D eigenvalue weighted by Gasteiger charge is 2.29. The van der Waals surface area contributed by atoms with E-state index in [2.05, 4.69) is 10.3 Å². The Hall–Kier alpha value is -3.56. The molecule has 1 amide bonds. The van der Waals surface area contributed by atoms with Gasteiger partial charge in [0.1, 0.15) is 24.2 Å². The number of amides is 1. The Balaban J connectivity index is 1.75. The van der Waals surface area contributed by atoms with Gasteiger partial charge in [0.05, 0.1) is 17.8 Å². The van der Waals surface area contributed by atoms with Crippen molar-refractivity contribution in [3.8, 4) is 17.1 Å². The quantitative estimate of drug-likeness (QED) is 0.663. The molecule has 8 nitrogen and oxygen atoms in total. The van der Waals surface area contributed by atoms with Crippen molar-refractivity contribution in [1.82, 2.24) is 9.55 Å². The molecule has 166 valence electrons. The van der Waals surface area contributed by atoms with Gasteiger partial charge in [-0.15, -0.1) is 0 Å². The number of primary amides is 1. The number of nitrogens with zero attached hydrogens (tertiary/aromatic N) is 3. The van der Waals surface area contributed by atoms with Crippen LogP contribution in [-0.2, 0) is 16.1 Å². The number of carbonyl (C=O) groups excluding carboxylic acids is 2. The fraction of sp³-hybridized carbons (Fsp3) is 0.238. The molecule has 11 heteroatoms. The summed E-state index contributed by atoms with van der Waals surface area (Å²) in [6.07, 6.45) is 1.49. The molecule has 0 radical (unpaired) electrons. The second-order valence-corrected chi connectivity index (χ2v) is 7.92. The van der Waals surface area contributed by atoms with Gasteiger partial charge in [0.2, 0.25) is 5.91 Å². The van der Waals surface area contributed by atoms with E-state index in [4.69, 9.17) is 10.5 Å². The first-order valence-corrected chi connectivity index (χ1v) is 10.5. The first kappa shape index (κ1) is 21.7. The summed E-state index contributed by atoms with van der Waals surface area (Å²) < 4.78 is 35.1. The summed E-state index contributed by atoms with van der Waals surface area (Å²) in [7, 11) is 0. The number of nitrogens with one attached hydrogen (secondary N) is 1. The maximum Gasteiger partial charge on any atom is 0.278 e.